The van der Waals surface area contributed by atoms with E-state index in [0.717, 1.165) is 51.0 Å². The predicted molar refractivity (Wildman–Crippen MR) is 205 cm³/mol. The zero-order valence-electron chi connectivity index (χ0n) is 31.7. The molecular formula is C38H74MgO8S2. The van der Waals surface area contributed by atoms with E-state index >= 15 is 0 Å². The standard InChI is InChI=1S/2C19H38O4S.Mg/c2*1-2-3-4-5-6-7-8-9-10-11-12-13-14-15-16-17-18-19-23-24(20,21)22;/h2*18-19H,2-17H2,1H3,(H,20,21,22);/q;;+2/p-2/b2*19-18+;. The van der Waals surface area contributed by atoms with Crippen molar-refractivity contribution in [2.45, 2.75) is 219 Å². The number of hydrogen-bond acceptors (Lipinski definition) is 8. The Morgan fingerprint density at radius 2 is 0.551 bits per heavy atom. The largest absolute Gasteiger partial charge is 2.00 e. The van der Waals surface area contributed by atoms with Crippen molar-refractivity contribution < 1.29 is 34.3 Å². The minimum Gasteiger partial charge on any atom is -0.716 e. The van der Waals surface area contributed by atoms with Gasteiger partial charge in [-0.25, -0.2) is 16.8 Å². The monoisotopic (exact) mass is 746 g/mol. The molecule has 0 atom stereocenters. The van der Waals surface area contributed by atoms with Gasteiger partial charge in [-0.3, -0.25) is 0 Å². The molecule has 0 saturated carbocycles. The zero-order chi connectivity index (χ0) is 35.9. The molecule has 0 N–H and O–H groups in total. The Labute approximate surface area is 320 Å². The summed E-state index contributed by atoms with van der Waals surface area (Å²) in [6.45, 7) is 4.52. The van der Waals surface area contributed by atoms with Crippen LogP contribution < -0.4 is 0 Å². The first kappa shape index (κ1) is 53.0. The Kier molecular flexibility index (Phi) is 45.5. The summed E-state index contributed by atoms with van der Waals surface area (Å²) in [5.74, 6) is 0. The molecule has 0 aromatic heterocycles. The topological polar surface area (TPSA) is 133 Å². The Balaban J connectivity index is -0.000000846. The van der Waals surface area contributed by atoms with Gasteiger partial charge in [0, 0.05) is 0 Å². The van der Waals surface area contributed by atoms with Gasteiger partial charge < -0.3 is 17.5 Å². The van der Waals surface area contributed by atoms with Crippen LogP contribution in [-0.4, -0.2) is 49.0 Å². The van der Waals surface area contributed by atoms with Crippen LogP contribution in [-0.2, 0) is 29.2 Å². The quantitative estimate of drug-likeness (QED) is 0.0203. The Bertz CT molecular complexity index is 835. The van der Waals surface area contributed by atoms with E-state index in [4.69, 9.17) is 0 Å². The number of unbranched alkanes of at least 4 members (excludes halogenated alkanes) is 30. The summed E-state index contributed by atoms with van der Waals surface area (Å²) in [7, 11) is -9.17. The second-order valence-electron chi connectivity index (χ2n) is 13.2. The van der Waals surface area contributed by atoms with E-state index in [1.54, 1.807) is 12.2 Å². The van der Waals surface area contributed by atoms with Crippen LogP contribution in [0.15, 0.2) is 24.7 Å². The van der Waals surface area contributed by atoms with Gasteiger partial charge in [0.15, 0.2) is 0 Å². The first-order valence-electron chi connectivity index (χ1n) is 19.7. The average Bonchev–Trinajstić information content (AvgIpc) is 3.03. The van der Waals surface area contributed by atoms with Gasteiger partial charge in [0.05, 0.1) is 0 Å². The number of allylic oxidation sites excluding steroid dienone is 2. The average molecular weight is 747 g/mol. The predicted octanol–water partition coefficient (Wildman–Crippen LogP) is 12.1. The molecule has 0 aromatic rings. The first-order chi connectivity index (χ1) is 23.1. The molecule has 49 heavy (non-hydrogen) atoms. The van der Waals surface area contributed by atoms with Crippen LogP contribution in [0.2, 0.25) is 0 Å². The van der Waals surface area contributed by atoms with E-state index in [1.807, 2.05) is 0 Å². The van der Waals surface area contributed by atoms with Gasteiger partial charge in [0.2, 0.25) is 0 Å². The molecule has 0 aromatic carbocycles. The molecule has 0 radical (unpaired) electrons. The third-order valence-electron chi connectivity index (χ3n) is 8.49. The van der Waals surface area contributed by atoms with E-state index in [1.165, 1.54) is 167 Å². The van der Waals surface area contributed by atoms with Gasteiger partial charge in [0.25, 0.3) is 20.8 Å². The molecule has 288 valence electrons. The van der Waals surface area contributed by atoms with Crippen LogP contribution >= 0.6 is 0 Å². The summed E-state index contributed by atoms with van der Waals surface area (Å²) < 4.78 is 69.0. The molecule has 0 bridgehead atoms. The number of hydrogen-bond donors (Lipinski definition) is 0. The van der Waals surface area contributed by atoms with E-state index in [-0.39, 0.29) is 23.1 Å². The summed E-state index contributed by atoms with van der Waals surface area (Å²) >= 11 is 0. The van der Waals surface area contributed by atoms with Crippen LogP contribution in [0.3, 0.4) is 0 Å². The van der Waals surface area contributed by atoms with Crippen molar-refractivity contribution in [2.24, 2.45) is 0 Å². The molecule has 0 heterocycles. The SMILES string of the molecule is CCCCCCCCCCCCCCCCC/C=C/OS(=O)(=O)[O-].CCCCCCCCCCCCCCCCC/C=C/OS(=O)(=O)[O-].[Mg+2]. The maximum absolute atomic E-state index is 10.2. The van der Waals surface area contributed by atoms with Crippen molar-refractivity contribution >= 4 is 43.9 Å². The molecule has 8 nitrogen and oxygen atoms in total. The molecule has 11 heteroatoms. The molecule has 0 fully saturated rings. The van der Waals surface area contributed by atoms with Crippen LogP contribution in [0, 0.1) is 0 Å². The first-order valence-corrected chi connectivity index (χ1v) is 22.4. The fourth-order valence-corrected chi connectivity index (χ4v) is 6.05. The van der Waals surface area contributed by atoms with Gasteiger partial charge in [-0.1, -0.05) is 194 Å². The molecular weight excluding hydrogens is 673 g/mol. The molecule has 0 aliphatic heterocycles. The molecule has 0 aliphatic rings. The van der Waals surface area contributed by atoms with E-state index < -0.39 is 20.8 Å². The van der Waals surface area contributed by atoms with Crippen LogP contribution in [0.4, 0.5) is 0 Å². The van der Waals surface area contributed by atoms with Gasteiger partial charge in [-0.15, -0.1) is 0 Å². The van der Waals surface area contributed by atoms with Crippen molar-refractivity contribution in [1.29, 1.82) is 0 Å². The molecule has 0 rings (SSSR count). The van der Waals surface area contributed by atoms with E-state index in [9.17, 15) is 25.9 Å². The van der Waals surface area contributed by atoms with Gasteiger partial charge in [-0.05, 0) is 37.8 Å². The van der Waals surface area contributed by atoms with Gasteiger partial charge in [-0.2, -0.15) is 0 Å². The normalized spacial score (nSPS) is 11.8. The minimum absolute atomic E-state index is 0. The Morgan fingerprint density at radius 1 is 0.367 bits per heavy atom. The van der Waals surface area contributed by atoms with Crippen LogP contribution in [0.5, 0.6) is 0 Å². The minimum atomic E-state index is -4.58. The summed E-state index contributed by atoms with van der Waals surface area (Å²) in [5.41, 5.74) is 0. The zero-order valence-corrected chi connectivity index (χ0v) is 34.8. The van der Waals surface area contributed by atoms with Crippen molar-refractivity contribution in [1.82, 2.24) is 0 Å². The van der Waals surface area contributed by atoms with Gasteiger partial charge in [0.1, 0.15) is 12.5 Å². The molecule has 0 amide bonds. The molecule has 0 saturated heterocycles. The molecule has 0 unspecified atom stereocenters. The molecule has 0 spiro atoms. The van der Waals surface area contributed by atoms with Crippen molar-refractivity contribution in [3.8, 4) is 0 Å². The van der Waals surface area contributed by atoms with Crippen molar-refractivity contribution in [2.75, 3.05) is 0 Å². The Hall–Kier alpha value is -0.334. The van der Waals surface area contributed by atoms with Crippen LogP contribution in [0.1, 0.15) is 219 Å². The fraction of sp³-hybridized carbons (Fsp3) is 0.895. The summed E-state index contributed by atoms with van der Waals surface area (Å²) in [4.78, 5) is 0. The second-order valence-corrected chi connectivity index (χ2v) is 15.2. The third-order valence-corrected chi connectivity index (χ3v) is 9.18. The third kappa shape index (κ3) is 57.3. The van der Waals surface area contributed by atoms with Crippen molar-refractivity contribution in [3.63, 3.8) is 0 Å². The van der Waals surface area contributed by atoms with E-state index in [2.05, 4.69) is 22.2 Å². The van der Waals surface area contributed by atoms with E-state index in [0.29, 0.717) is 0 Å². The summed E-state index contributed by atoms with van der Waals surface area (Å²) in [6, 6.07) is 0. The number of rotatable bonds is 36. The summed E-state index contributed by atoms with van der Waals surface area (Å²) in [5, 5.41) is 0. The van der Waals surface area contributed by atoms with Crippen LogP contribution in [0.25, 0.3) is 0 Å². The molecule has 0 aliphatic carbocycles. The summed E-state index contributed by atoms with van der Waals surface area (Å²) in [6.07, 6.45) is 46.5. The Morgan fingerprint density at radius 3 is 0.735 bits per heavy atom. The smallest absolute Gasteiger partial charge is 0.716 e. The maximum Gasteiger partial charge on any atom is 2.00 e. The van der Waals surface area contributed by atoms with Crippen molar-refractivity contribution in [3.05, 3.63) is 24.7 Å². The second kappa shape index (κ2) is 42.1. The maximum atomic E-state index is 10.2. The fourth-order valence-electron chi connectivity index (χ4n) is 5.62. The van der Waals surface area contributed by atoms with Gasteiger partial charge >= 0.3 is 23.1 Å².